The number of nitrogens with zero attached hydrogens (tertiary/aromatic N) is 2. The van der Waals surface area contributed by atoms with Gasteiger partial charge in [-0.1, -0.05) is 46.6 Å². The molecule has 0 spiro atoms. The minimum atomic E-state index is 0.221. The molecule has 0 aromatic heterocycles. The Morgan fingerprint density at radius 2 is 2.20 bits per heavy atom. The molecule has 0 aliphatic carbocycles. The molecular weight excluding hydrogens is 253 g/mol. The van der Waals surface area contributed by atoms with Crippen molar-refractivity contribution in [1.29, 1.82) is 5.26 Å². The maximum absolute atomic E-state index is 8.39. The van der Waals surface area contributed by atoms with E-state index >= 15 is 0 Å². The fraction of sp³-hybridized carbons (Fsp3) is 0.333. The molecule has 3 nitrogen and oxygen atoms in total. The number of nitriles is 1. The molecule has 0 heterocycles. The number of aliphatic imine (C=N–C) groups is 1. The van der Waals surface area contributed by atoms with Crippen LogP contribution in [0.5, 0.6) is 0 Å². The van der Waals surface area contributed by atoms with Crippen LogP contribution in [0.1, 0.15) is 6.92 Å². The van der Waals surface area contributed by atoms with E-state index in [0.717, 1.165) is 11.3 Å². The summed E-state index contributed by atoms with van der Waals surface area (Å²) < 4.78 is 0.221. The van der Waals surface area contributed by atoms with E-state index in [2.05, 4.69) is 10.3 Å². The molecule has 0 fully saturated rings. The van der Waals surface area contributed by atoms with E-state index in [0.29, 0.717) is 5.17 Å². The predicted molar refractivity (Wildman–Crippen MR) is 68.1 cm³/mol. The van der Waals surface area contributed by atoms with Gasteiger partial charge in [-0.3, -0.25) is 10.3 Å². The molecule has 0 unspecified atom stereocenters. The number of thioether (sulfide) groups is 1. The highest BCUT2D eigenvalue weighted by Crippen LogP contribution is 2.11. The van der Waals surface area contributed by atoms with Gasteiger partial charge in [0.2, 0.25) is 0 Å². The van der Waals surface area contributed by atoms with Crippen molar-refractivity contribution < 1.29 is 0 Å². The van der Waals surface area contributed by atoms with Gasteiger partial charge in [0.15, 0.2) is 11.4 Å². The van der Waals surface area contributed by atoms with Gasteiger partial charge < -0.3 is 0 Å². The molecular formula is C9H11Cl2N3S. The first kappa shape index (κ1) is 14.4. The van der Waals surface area contributed by atoms with Crippen LogP contribution in [0.4, 0.5) is 0 Å². The summed E-state index contributed by atoms with van der Waals surface area (Å²) in [6, 6.07) is 0. The van der Waals surface area contributed by atoms with Crippen LogP contribution in [-0.4, -0.2) is 18.0 Å². The largest absolute Gasteiger partial charge is 0.272 e. The summed E-state index contributed by atoms with van der Waals surface area (Å²) in [5.41, 5.74) is 1.08. The summed E-state index contributed by atoms with van der Waals surface area (Å²) >= 11 is 12.4. The molecule has 0 rings (SSSR count). The van der Waals surface area contributed by atoms with E-state index in [4.69, 9.17) is 28.5 Å². The Labute approximate surface area is 104 Å². The number of hydrogen-bond donors (Lipinski definition) is 1. The Morgan fingerprint density at radius 1 is 1.53 bits per heavy atom. The molecule has 15 heavy (non-hydrogen) atoms. The topological polar surface area (TPSA) is 48.2 Å². The summed E-state index contributed by atoms with van der Waals surface area (Å²) in [6.45, 7) is 1.94. The van der Waals surface area contributed by atoms with Gasteiger partial charge in [0, 0.05) is 12.8 Å². The lowest BCUT2D eigenvalue weighted by atomic mass is 10.3. The Morgan fingerprint density at radius 3 is 2.67 bits per heavy atom. The third-order valence-corrected chi connectivity index (χ3v) is 2.71. The second-order valence-corrected chi connectivity index (χ2v) is 4.50. The van der Waals surface area contributed by atoms with Crippen molar-refractivity contribution in [2.24, 2.45) is 4.99 Å². The number of nitrogens with one attached hydrogen (secondary N) is 1. The average molecular weight is 264 g/mol. The molecule has 0 amide bonds. The third-order valence-electron chi connectivity index (χ3n) is 1.30. The normalized spacial score (nSPS) is 11.9. The van der Waals surface area contributed by atoms with Crippen LogP contribution in [0.15, 0.2) is 27.2 Å². The maximum atomic E-state index is 8.39. The molecule has 6 heteroatoms. The average Bonchev–Trinajstić information content (AvgIpc) is 2.21. The fourth-order valence-corrected chi connectivity index (χ4v) is 1.47. The summed E-state index contributed by atoms with van der Waals surface area (Å²) in [4.78, 5) is 3.90. The van der Waals surface area contributed by atoms with Crippen molar-refractivity contribution in [1.82, 2.24) is 5.32 Å². The van der Waals surface area contributed by atoms with Crippen LogP contribution in [0.2, 0.25) is 0 Å². The molecule has 0 atom stereocenters. The zero-order valence-corrected chi connectivity index (χ0v) is 10.7. The molecule has 0 aromatic carbocycles. The number of hydrogen-bond acceptors (Lipinski definition) is 3. The third kappa shape index (κ3) is 8.37. The highest BCUT2D eigenvalue weighted by Gasteiger charge is 1.97. The highest BCUT2D eigenvalue weighted by molar-refractivity contribution is 8.14. The molecule has 0 aliphatic heterocycles. The molecule has 0 aromatic rings. The van der Waals surface area contributed by atoms with E-state index in [1.54, 1.807) is 13.1 Å². The van der Waals surface area contributed by atoms with Gasteiger partial charge in [-0.15, -0.1) is 0 Å². The van der Waals surface area contributed by atoms with Crippen LogP contribution in [0.3, 0.4) is 0 Å². The van der Waals surface area contributed by atoms with Gasteiger partial charge in [0.25, 0.3) is 0 Å². The van der Waals surface area contributed by atoms with Crippen molar-refractivity contribution in [3.63, 3.8) is 0 Å². The molecule has 0 saturated carbocycles. The first-order valence-electron chi connectivity index (χ1n) is 4.03. The van der Waals surface area contributed by atoms with Crippen molar-refractivity contribution in [2.45, 2.75) is 6.92 Å². The summed E-state index contributed by atoms with van der Waals surface area (Å²) in [7, 11) is 1.63. The molecule has 0 radical (unpaired) electrons. The van der Waals surface area contributed by atoms with Crippen molar-refractivity contribution in [2.75, 3.05) is 12.8 Å². The lowest BCUT2D eigenvalue weighted by Crippen LogP contribution is -2.14. The van der Waals surface area contributed by atoms with E-state index in [1.807, 2.05) is 19.2 Å². The number of amidine groups is 1. The quantitative estimate of drug-likeness (QED) is 0.280. The van der Waals surface area contributed by atoms with Crippen LogP contribution >= 0.6 is 35.0 Å². The van der Waals surface area contributed by atoms with Gasteiger partial charge in [0.05, 0.1) is 0 Å². The summed E-state index contributed by atoms with van der Waals surface area (Å²) in [5.74, 6) is 0.721. The highest BCUT2D eigenvalue weighted by atomic mass is 35.5. The van der Waals surface area contributed by atoms with Gasteiger partial charge >= 0.3 is 0 Å². The summed E-state index contributed by atoms with van der Waals surface area (Å²) in [5, 5.41) is 11.5. The van der Waals surface area contributed by atoms with Crippen molar-refractivity contribution >= 4 is 40.1 Å². The van der Waals surface area contributed by atoms with Crippen molar-refractivity contribution in [3.8, 4) is 6.19 Å². The second kappa shape index (κ2) is 8.66. The minimum absolute atomic E-state index is 0.221. The maximum Gasteiger partial charge on any atom is 0.183 e. The van der Waals surface area contributed by atoms with E-state index in [1.165, 1.54) is 11.8 Å². The van der Waals surface area contributed by atoms with Crippen molar-refractivity contribution in [3.05, 3.63) is 22.2 Å². The lowest BCUT2D eigenvalue weighted by Gasteiger charge is -2.01. The summed E-state index contributed by atoms with van der Waals surface area (Å²) in [6.07, 6.45) is 5.25. The number of rotatable bonds is 3. The van der Waals surface area contributed by atoms with E-state index in [9.17, 15) is 0 Å². The predicted octanol–water partition coefficient (Wildman–Crippen LogP) is 3.04. The Balaban J connectivity index is 4.11. The van der Waals surface area contributed by atoms with E-state index < -0.39 is 0 Å². The van der Waals surface area contributed by atoms with Gasteiger partial charge in [-0.05, 0) is 13.0 Å². The smallest absolute Gasteiger partial charge is 0.183 e. The molecule has 82 valence electrons. The van der Waals surface area contributed by atoms with Crippen LogP contribution < -0.4 is 5.32 Å². The SMILES string of the molecule is CN=C(NC#N)SC/C(C)=C/C=C(Cl)Cl. The fourth-order valence-electron chi connectivity index (χ4n) is 0.640. The molecule has 0 saturated heterocycles. The molecule has 0 bridgehead atoms. The second-order valence-electron chi connectivity index (χ2n) is 2.52. The van der Waals surface area contributed by atoms with Crippen LogP contribution in [0, 0.1) is 11.5 Å². The Bertz CT molecular complexity index is 325. The number of allylic oxidation sites excluding steroid dienone is 2. The standard InChI is InChI=1S/C9H11Cl2N3S/c1-7(3-4-8(10)11)5-15-9(13-2)14-6-12/h3-4H,5H2,1-2H3,(H,13,14)/b7-3+. The van der Waals surface area contributed by atoms with Gasteiger partial charge in [-0.2, -0.15) is 5.26 Å². The van der Waals surface area contributed by atoms with E-state index in [-0.39, 0.29) is 4.49 Å². The first-order chi connectivity index (χ1) is 7.10. The Kier molecular flexibility index (Phi) is 8.30. The molecule has 0 aliphatic rings. The zero-order valence-electron chi connectivity index (χ0n) is 8.42. The first-order valence-corrected chi connectivity index (χ1v) is 5.77. The lowest BCUT2D eigenvalue weighted by molar-refractivity contribution is 1.26. The monoisotopic (exact) mass is 263 g/mol. The van der Waals surface area contributed by atoms with Crippen LogP contribution in [-0.2, 0) is 0 Å². The Hall–Kier alpha value is -0.630. The van der Waals surface area contributed by atoms with Crippen LogP contribution in [0.25, 0.3) is 0 Å². The molecule has 1 N–H and O–H groups in total. The zero-order chi connectivity index (χ0) is 11.7. The number of halogens is 2. The van der Waals surface area contributed by atoms with Gasteiger partial charge in [0.1, 0.15) is 4.49 Å². The van der Waals surface area contributed by atoms with Gasteiger partial charge in [-0.25, -0.2) is 0 Å². The minimum Gasteiger partial charge on any atom is -0.272 e.